The number of quaternary nitrogens is 1. The molecule has 0 radical (unpaired) electrons. The molecule has 0 bridgehead atoms. The van der Waals surface area contributed by atoms with E-state index >= 15 is 0 Å². The second kappa shape index (κ2) is 5.63. The van der Waals surface area contributed by atoms with Crippen LogP contribution in [-0.2, 0) is 0 Å². The monoisotopic (exact) mass is 219 g/mol. The van der Waals surface area contributed by atoms with Crippen LogP contribution < -0.4 is 0 Å². The maximum atomic E-state index is 9.51. The predicted octanol–water partition coefficient (Wildman–Crippen LogP) is 1.75. The molecule has 0 heterocycles. The van der Waals surface area contributed by atoms with Crippen molar-refractivity contribution in [2.45, 2.75) is 46.2 Å². The highest BCUT2D eigenvalue weighted by atomic mass is 31.2. The van der Waals surface area contributed by atoms with Crippen molar-refractivity contribution in [2.24, 2.45) is 0 Å². The van der Waals surface area contributed by atoms with Crippen molar-refractivity contribution in [1.29, 1.82) is 5.26 Å². The predicted molar refractivity (Wildman–Crippen MR) is 57.0 cm³/mol. The van der Waals surface area contributed by atoms with E-state index in [4.69, 9.17) is 5.26 Å². The molecule has 0 saturated heterocycles. The van der Waals surface area contributed by atoms with Crippen LogP contribution in [-0.4, -0.2) is 32.7 Å². The van der Waals surface area contributed by atoms with Crippen LogP contribution in [0.25, 0.3) is 0 Å². The van der Waals surface area contributed by atoms with Crippen molar-refractivity contribution < 1.29 is 14.0 Å². The number of nitriles is 1. The Kier molecular flexibility index (Phi) is 5.54. The fraction of sp³-hybridized carbons (Fsp3) is 0.889. The van der Waals surface area contributed by atoms with Crippen LogP contribution in [0.4, 0.5) is 0 Å². The van der Waals surface area contributed by atoms with Crippen LogP contribution in [0.15, 0.2) is 0 Å². The van der Waals surface area contributed by atoms with E-state index in [9.17, 15) is 9.79 Å². The quantitative estimate of drug-likeness (QED) is 0.692. The normalized spacial score (nSPS) is 12.6. The summed E-state index contributed by atoms with van der Waals surface area (Å²) in [6.45, 7) is 8.33. The van der Waals surface area contributed by atoms with E-state index < -0.39 is 8.53 Å². The molecule has 2 N–H and O–H groups in total. The van der Waals surface area contributed by atoms with Gasteiger partial charge >= 0.3 is 8.53 Å². The zero-order valence-corrected chi connectivity index (χ0v) is 10.2. The van der Waals surface area contributed by atoms with Crippen LogP contribution in [0.1, 0.15) is 34.1 Å². The summed E-state index contributed by atoms with van der Waals surface area (Å²) >= 11 is 0. The first-order valence-electron chi connectivity index (χ1n) is 4.82. The fourth-order valence-electron chi connectivity index (χ4n) is 1.84. The second-order valence-electron chi connectivity index (χ2n) is 3.97. The molecule has 82 valence electrons. The summed E-state index contributed by atoms with van der Waals surface area (Å²) in [5.41, 5.74) is 0. The summed E-state index contributed by atoms with van der Waals surface area (Å²) in [5.74, 6) is 0. The van der Waals surface area contributed by atoms with E-state index in [1.807, 2.05) is 27.7 Å². The van der Waals surface area contributed by atoms with Crippen molar-refractivity contribution in [3.63, 3.8) is 0 Å². The standard InChI is InChI=1S/C9H20N2O2P/c1-8(2)11(9(3)4,14(12)13)7-5-6-10/h8-9,12-13H,5,7H2,1-4H3/q+1. The van der Waals surface area contributed by atoms with Gasteiger partial charge in [0.05, 0.1) is 31.1 Å². The van der Waals surface area contributed by atoms with Gasteiger partial charge in [0.1, 0.15) is 0 Å². The second-order valence-corrected chi connectivity index (χ2v) is 5.26. The highest BCUT2D eigenvalue weighted by Gasteiger charge is 2.42. The Hall–Kier alpha value is -0.200. The summed E-state index contributed by atoms with van der Waals surface area (Å²) in [6, 6.07) is 2.29. The topological polar surface area (TPSA) is 64.2 Å². The van der Waals surface area contributed by atoms with Crippen molar-refractivity contribution in [3.05, 3.63) is 0 Å². The molecule has 0 aliphatic rings. The van der Waals surface area contributed by atoms with Crippen molar-refractivity contribution in [2.75, 3.05) is 6.54 Å². The molecule has 0 atom stereocenters. The van der Waals surface area contributed by atoms with Gasteiger partial charge in [0.2, 0.25) is 0 Å². The summed E-state index contributed by atoms with van der Waals surface area (Å²) in [6.07, 6.45) is 0.357. The van der Waals surface area contributed by atoms with Gasteiger partial charge in [0, 0.05) is 0 Å². The van der Waals surface area contributed by atoms with Crippen molar-refractivity contribution in [1.82, 2.24) is 0 Å². The van der Waals surface area contributed by atoms with Gasteiger partial charge in [-0.25, -0.2) is 0 Å². The Morgan fingerprint density at radius 3 is 1.86 bits per heavy atom. The summed E-state index contributed by atoms with van der Waals surface area (Å²) < 4.78 is 0.225. The highest BCUT2D eigenvalue weighted by Crippen LogP contribution is 2.45. The Balaban J connectivity index is 4.87. The van der Waals surface area contributed by atoms with Crippen LogP contribution in [0.3, 0.4) is 0 Å². The SMILES string of the molecule is CC(C)[N+](CCC#N)(C(C)C)P(O)O. The molecule has 0 unspecified atom stereocenters. The van der Waals surface area contributed by atoms with Gasteiger partial charge in [-0.1, -0.05) is 0 Å². The number of nitrogens with zero attached hydrogens (tertiary/aromatic N) is 2. The summed E-state index contributed by atoms with van der Waals surface area (Å²) in [5, 5.41) is 8.56. The van der Waals surface area contributed by atoms with E-state index in [2.05, 4.69) is 6.07 Å². The van der Waals surface area contributed by atoms with Gasteiger partial charge in [0.25, 0.3) is 0 Å². The lowest BCUT2D eigenvalue weighted by Gasteiger charge is -2.44. The zero-order chi connectivity index (χ0) is 11.4. The third-order valence-electron chi connectivity index (χ3n) is 2.70. The molecule has 0 saturated carbocycles. The molecule has 0 aromatic heterocycles. The molecule has 0 amide bonds. The lowest BCUT2D eigenvalue weighted by molar-refractivity contribution is -0.861. The third-order valence-corrected chi connectivity index (χ3v) is 4.49. The molecule has 4 nitrogen and oxygen atoms in total. The van der Waals surface area contributed by atoms with Crippen LogP contribution in [0, 0.1) is 11.3 Å². The van der Waals surface area contributed by atoms with Gasteiger partial charge in [-0.05, 0) is 27.7 Å². The largest absolute Gasteiger partial charge is 0.413 e. The first-order valence-corrected chi connectivity index (χ1v) is 6.02. The van der Waals surface area contributed by atoms with Gasteiger partial charge in [-0.2, -0.15) is 5.26 Å². The summed E-state index contributed by atoms with van der Waals surface area (Å²) in [4.78, 5) is 19.0. The molecule has 0 aliphatic carbocycles. The first-order chi connectivity index (χ1) is 6.39. The van der Waals surface area contributed by atoms with Crippen LogP contribution in [0.2, 0.25) is 0 Å². The third kappa shape index (κ3) is 2.65. The number of rotatable bonds is 5. The molecule has 0 aromatic rings. The Bertz CT molecular complexity index is 190. The van der Waals surface area contributed by atoms with Gasteiger partial charge in [0.15, 0.2) is 0 Å². The molecule has 0 aliphatic heterocycles. The van der Waals surface area contributed by atoms with E-state index in [1.165, 1.54) is 0 Å². The molecular formula is C9H20N2O2P+. The number of hydrogen-bond donors (Lipinski definition) is 2. The van der Waals surface area contributed by atoms with E-state index in [1.54, 1.807) is 0 Å². The van der Waals surface area contributed by atoms with E-state index in [0.717, 1.165) is 0 Å². The smallest absolute Gasteiger partial charge is 0.303 e. The highest BCUT2D eigenvalue weighted by molar-refractivity contribution is 7.38. The minimum atomic E-state index is -2.05. The molecule has 0 spiro atoms. The Morgan fingerprint density at radius 1 is 1.21 bits per heavy atom. The maximum Gasteiger partial charge on any atom is 0.413 e. The van der Waals surface area contributed by atoms with Gasteiger partial charge < -0.3 is 9.79 Å². The molecule has 5 heteroatoms. The lowest BCUT2D eigenvalue weighted by atomic mass is 10.2. The molecular weight excluding hydrogens is 199 g/mol. The minimum Gasteiger partial charge on any atom is -0.303 e. The summed E-state index contributed by atoms with van der Waals surface area (Å²) in [7, 11) is -2.05. The molecule has 0 rings (SSSR count). The Morgan fingerprint density at radius 2 is 1.64 bits per heavy atom. The minimum absolute atomic E-state index is 0.115. The molecule has 14 heavy (non-hydrogen) atoms. The van der Waals surface area contributed by atoms with E-state index in [0.29, 0.717) is 13.0 Å². The van der Waals surface area contributed by atoms with Crippen molar-refractivity contribution in [3.8, 4) is 6.07 Å². The van der Waals surface area contributed by atoms with E-state index in [-0.39, 0.29) is 16.3 Å². The Labute approximate surface area is 87.3 Å². The van der Waals surface area contributed by atoms with Gasteiger partial charge in [-0.3, -0.25) is 4.25 Å². The average Bonchev–Trinajstić information content (AvgIpc) is 2.03. The fourth-order valence-corrected chi connectivity index (χ4v) is 2.95. The maximum absolute atomic E-state index is 9.51. The first kappa shape index (κ1) is 13.8. The van der Waals surface area contributed by atoms with Crippen LogP contribution in [0.5, 0.6) is 0 Å². The van der Waals surface area contributed by atoms with Crippen LogP contribution >= 0.6 is 8.53 Å². The average molecular weight is 219 g/mol. The molecule has 0 fully saturated rings. The van der Waals surface area contributed by atoms with Crippen molar-refractivity contribution >= 4 is 8.53 Å². The lowest BCUT2D eigenvalue weighted by Crippen LogP contribution is -2.53. The number of hydrogen-bond acceptors (Lipinski definition) is 3. The zero-order valence-electron chi connectivity index (χ0n) is 9.30. The van der Waals surface area contributed by atoms with Gasteiger partial charge in [-0.15, -0.1) is 0 Å². The molecule has 0 aromatic carbocycles.